The second-order valence-corrected chi connectivity index (χ2v) is 8.65. The van der Waals surface area contributed by atoms with E-state index in [9.17, 15) is 17.1 Å². The first-order chi connectivity index (χ1) is 14.9. The molecular formula is C22H23FN2O5S. The molecule has 2 aromatic carbocycles. The summed E-state index contributed by atoms with van der Waals surface area (Å²) in [6.07, 6.45) is 1.60. The van der Waals surface area contributed by atoms with Crippen LogP contribution in [0.1, 0.15) is 17.2 Å². The lowest BCUT2D eigenvalue weighted by Gasteiger charge is -2.30. The maximum atomic E-state index is 13.2. The number of aromatic amines is 1. The number of hydrogen-bond acceptors (Lipinski definition) is 5. The summed E-state index contributed by atoms with van der Waals surface area (Å²) in [6.45, 7) is 2.10. The van der Waals surface area contributed by atoms with E-state index in [0.29, 0.717) is 38.3 Å². The highest BCUT2D eigenvalue weighted by molar-refractivity contribution is 7.86. The van der Waals surface area contributed by atoms with Crippen LogP contribution in [0, 0.1) is 0 Å². The van der Waals surface area contributed by atoms with Crippen molar-refractivity contribution in [2.45, 2.75) is 17.4 Å². The molecule has 0 saturated carbocycles. The maximum Gasteiger partial charge on any atom is 0.332 e. The van der Waals surface area contributed by atoms with Gasteiger partial charge < -0.3 is 19.4 Å². The third kappa shape index (κ3) is 4.95. The SMILES string of the molecule is O=C(C(OCCc1c[nH]c2ccccc12)c1ccc(S(=O)(=O)F)cc1)N1CCOCC1. The molecular weight excluding hydrogens is 423 g/mol. The number of carbonyl (C=O) groups excluding carboxylic acids is 1. The van der Waals surface area contributed by atoms with Gasteiger partial charge >= 0.3 is 10.2 Å². The van der Waals surface area contributed by atoms with Crippen molar-refractivity contribution >= 4 is 27.0 Å². The quantitative estimate of drug-likeness (QED) is 0.564. The first-order valence-electron chi connectivity index (χ1n) is 10.0. The van der Waals surface area contributed by atoms with Crippen LogP contribution in [-0.2, 0) is 30.9 Å². The van der Waals surface area contributed by atoms with Gasteiger partial charge in [0.05, 0.1) is 24.7 Å². The summed E-state index contributed by atoms with van der Waals surface area (Å²) in [5, 5.41) is 1.10. The van der Waals surface area contributed by atoms with Crippen LogP contribution >= 0.6 is 0 Å². The molecule has 1 unspecified atom stereocenters. The van der Waals surface area contributed by atoms with Crippen molar-refractivity contribution in [3.05, 3.63) is 65.9 Å². The van der Waals surface area contributed by atoms with Crippen LogP contribution in [-0.4, -0.2) is 57.1 Å². The molecule has 1 saturated heterocycles. The molecule has 0 radical (unpaired) electrons. The molecule has 1 N–H and O–H groups in total. The number of morpholine rings is 1. The van der Waals surface area contributed by atoms with Gasteiger partial charge in [0.25, 0.3) is 5.91 Å². The largest absolute Gasteiger partial charge is 0.378 e. The number of fused-ring (bicyclic) bond motifs is 1. The molecule has 9 heteroatoms. The molecule has 0 aliphatic carbocycles. The van der Waals surface area contributed by atoms with Crippen LogP contribution in [0.3, 0.4) is 0 Å². The molecule has 0 bridgehead atoms. The summed E-state index contributed by atoms with van der Waals surface area (Å²) >= 11 is 0. The molecule has 7 nitrogen and oxygen atoms in total. The van der Waals surface area contributed by atoms with Crippen molar-refractivity contribution < 1.29 is 26.6 Å². The predicted octanol–water partition coefficient (Wildman–Crippen LogP) is 2.99. The summed E-state index contributed by atoms with van der Waals surface area (Å²) in [4.78, 5) is 17.6. The van der Waals surface area contributed by atoms with Crippen molar-refractivity contribution in [1.29, 1.82) is 0 Å². The zero-order valence-electron chi connectivity index (χ0n) is 16.8. The van der Waals surface area contributed by atoms with Gasteiger partial charge in [-0.05, 0) is 35.7 Å². The number of carbonyl (C=O) groups is 1. The van der Waals surface area contributed by atoms with Crippen molar-refractivity contribution in [2.75, 3.05) is 32.9 Å². The minimum atomic E-state index is -4.81. The van der Waals surface area contributed by atoms with Gasteiger partial charge in [0.1, 0.15) is 0 Å². The van der Waals surface area contributed by atoms with E-state index < -0.39 is 21.2 Å². The molecule has 4 rings (SSSR count). The number of amides is 1. The number of aromatic nitrogens is 1. The summed E-state index contributed by atoms with van der Waals surface area (Å²) in [5.41, 5.74) is 2.58. The Morgan fingerprint density at radius 1 is 1.13 bits per heavy atom. The fourth-order valence-electron chi connectivity index (χ4n) is 3.69. The number of benzene rings is 2. The van der Waals surface area contributed by atoms with E-state index in [-0.39, 0.29) is 12.5 Å². The van der Waals surface area contributed by atoms with Gasteiger partial charge in [0, 0.05) is 30.2 Å². The average molecular weight is 447 g/mol. The van der Waals surface area contributed by atoms with Crippen molar-refractivity contribution in [1.82, 2.24) is 9.88 Å². The molecule has 31 heavy (non-hydrogen) atoms. The molecule has 1 fully saturated rings. The molecule has 1 aliphatic rings. The minimum Gasteiger partial charge on any atom is -0.378 e. The van der Waals surface area contributed by atoms with Gasteiger partial charge in [-0.1, -0.05) is 30.3 Å². The first-order valence-corrected chi connectivity index (χ1v) is 11.4. The third-order valence-electron chi connectivity index (χ3n) is 5.34. The normalized spacial score (nSPS) is 15.8. The average Bonchev–Trinajstić information content (AvgIpc) is 3.20. The fourth-order valence-corrected chi connectivity index (χ4v) is 4.15. The van der Waals surface area contributed by atoms with Crippen molar-refractivity contribution in [3.8, 4) is 0 Å². The Balaban J connectivity index is 1.52. The van der Waals surface area contributed by atoms with Crippen LogP contribution in [0.4, 0.5) is 3.89 Å². The van der Waals surface area contributed by atoms with Crippen LogP contribution in [0.25, 0.3) is 10.9 Å². The topological polar surface area (TPSA) is 88.7 Å². The zero-order valence-corrected chi connectivity index (χ0v) is 17.6. The number of H-pyrrole nitrogens is 1. The number of ether oxygens (including phenoxy) is 2. The Bertz CT molecular complexity index is 1150. The van der Waals surface area contributed by atoms with Gasteiger partial charge in [-0.2, -0.15) is 8.42 Å². The molecule has 1 aromatic heterocycles. The minimum absolute atomic E-state index is 0.224. The second kappa shape index (κ2) is 9.17. The van der Waals surface area contributed by atoms with Crippen LogP contribution in [0.15, 0.2) is 59.6 Å². The Labute approximate surface area is 180 Å². The van der Waals surface area contributed by atoms with Crippen LogP contribution < -0.4 is 0 Å². The van der Waals surface area contributed by atoms with E-state index >= 15 is 0 Å². The van der Waals surface area contributed by atoms with Crippen LogP contribution in [0.2, 0.25) is 0 Å². The number of rotatable bonds is 7. The van der Waals surface area contributed by atoms with Crippen LogP contribution in [0.5, 0.6) is 0 Å². The van der Waals surface area contributed by atoms with Gasteiger partial charge in [-0.25, -0.2) is 0 Å². The molecule has 164 valence electrons. The number of para-hydroxylation sites is 1. The molecule has 1 atom stereocenters. The third-order valence-corrected chi connectivity index (χ3v) is 6.18. The lowest BCUT2D eigenvalue weighted by molar-refractivity contribution is -0.148. The van der Waals surface area contributed by atoms with Crippen molar-refractivity contribution in [2.24, 2.45) is 0 Å². The standard InChI is InChI=1S/C22H23FN2O5S/c23-31(27,28)18-7-5-16(6-8-18)21(22(26)25-10-13-29-14-11-25)30-12-9-17-15-24-20-4-2-1-3-19(17)20/h1-8,15,21,24H,9-14H2. The first kappa shape index (κ1) is 21.5. The fraction of sp³-hybridized carbons (Fsp3) is 0.318. The van der Waals surface area contributed by atoms with E-state index in [2.05, 4.69) is 4.98 Å². The Kier molecular flexibility index (Phi) is 6.35. The number of nitrogens with zero attached hydrogens (tertiary/aromatic N) is 1. The number of halogens is 1. The molecule has 2 heterocycles. The summed E-state index contributed by atoms with van der Waals surface area (Å²) < 4.78 is 46.8. The Hall–Kier alpha value is -2.75. The van der Waals surface area contributed by atoms with E-state index in [4.69, 9.17) is 9.47 Å². The zero-order chi connectivity index (χ0) is 21.8. The maximum absolute atomic E-state index is 13.2. The molecule has 1 aliphatic heterocycles. The summed E-state index contributed by atoms with van der Waals surface area (Å²) in [7, 11) is -4.81. The Morgan fingerprint density at radius 2 is 1.84 bits per heavy atom. The lowest BCUT2D eigenvalue weighted by Crippen LogP contribution is -2.43. The highest BCUT2D eigenvalue weighted by Crippen LogP contribution is 2.25. The number of hydrogen-bond donors (Lipinski definition) is 1. The monoisotopic (exact) mass is 446 g/mol. The lowest BCUT2D eigenvalue weighted by atomic mass is 10.1. The summed E-state index contributed by atoms with van der Waals surface area (Å²) in [5.74, 6) is -0.224. The van der Waals surface area contributed by atoms with Gasteiger partial charge in [-0.3, -0.25) is 4.79 Å². The molecule has 3 aromatic rings. The molecule has 1 amide bonds. The second-order valence-electron chi connectivity index (χ2n) is 7.30. The highest BCUT2D eigenvalue weighted by atomic mass is 32.3. The molecule has 0 spiro atoms. The van der Waals surface area contributed by atoms with Crippen molar-refractivity contribution in [3.63, 3.8) is 0 Å². The smallest absolute Gasteiger partial charge is 0.332 e. The predicted molar refractivity (Wildman–Crippen MR) is 113 cm³/mol. The number of nitrogens with one attached hydrogen (secondary N) is 1. The van der Waals surface area contributed by atoms with Gasteiger partial charge in [0.2, 0.25) is 0 Å². The highest BCUT2D eigenvalue weighted by Gasteiger charge is 2.28. The van der Waals surface area contributed by atoms with E-state index in [0.717, 1.165) is 28.6 Å². The Morgan fingerprint density at radius 3 is 2.55 bits per heavy atom. The van der Waals surface area contributed by atoms with Gasteiger partial charge in [-0.15, -0.1) is 3.89 Å². The van der Waals surface area contributed by atoms with E-state index in [1.165, 1.54) is 12.1 Å². The van der Waals surface area contributed by atoms with Gasteiger partial charge in [0.15, 0.2) is 6.10 Å². The van der Waals surface area contributed by atoms with E-state index in [1.807, 2.05) is 30.5 Å². The summed E-state index contributed by atoms with van der Waals surface area (Å²) in [6, 6.07) is 13.1. The van der Waals surface area contributed by atoms with E-state index in [1.54, 1.807) is 4.90 Å².